The molecule has 1 heterocycles. The van der Waals surface area contributed by atoms with Crippen LogP contribution in [0.4, 0.5) is 17.6 Å². The summed E-state index contributed by atoms with van der Waals surface area (Å²) in [6.07, 6.45) is -2.09. The lowest BCUT2D eigenvalue weighted by atomic mass is 9.93. The number of amides is 1. The summed E-state index contributed by atoms with van der Waals surface area (Å²) >= 11 is 0. The zero-order valence-corrected chi connectivity index (χ0v) is 13.9. The van der Waals surface area contributed by atoms with Crippen LogP contribution in [0.5, 0.6) is 0 Å². The van der Waals surface area contributed by atoms with E-state index in [0.717, 1.165) is 50.2 Å². The molecule has 1 amide bonds. The molecule has 0 aromatic heterocycles. The van der Waals surface area contributed by atoms with Crippen molar-refractivity contribution >= 4 is 18.3 Å². The van der Waals surface area contributed by atoms with Gasteiger partial charge in [0.05, 0.1) is 0 Å². The number of carbonyl (C=O) groups excluding carboxylic acids is 1. The Morgan fingerprint density at radius 3 is 2.33 bits per heavy atom. The molecule has 3 nitrogen and oxygen atoms in total. The lowest BCUT2D eigenvalue weighted by Gasteiger charge is -2.24. The van der Waals surface area contributed by atoms with E-state index in [0.29, 0.717) is 12.3 Å². The number of nitrogens with one attached hydrogen (secondary N) is 2. The molecule has 1 aromatic carbocycles. The molecule has 0 spiro atoms. The Morgan fingerprint density at radius 1 is 1.21 bits per heavy atom. The third-order valence-corrected chi connectivity index (χ3v) is 4.07. The number of carbonyl (C=O) groups is 1. The van der Waals surface area contributed by atoms with Gasteiger partial charge in [0.15, 0.2) is 6.04 Å². The summed E-state index contributed by atoms with van der Waals surface area (Å²) in [4.78, 5) is 11.9. The Balaban J connectivity index is 0.00000288. The Hall–Kier alpha value is -1.34. The van der Waals surface area contributed by atoms with Crippen molar-refractivity contribution in [3.05, 3.63) is 35.6 Å². The van der Waals surface area contributed by atoms with Gasteiger partial charge in [-0.2, -0.15) is 13.2 Å². The molecule has 1 saturated heterocycles. The minimum Gasteiger partial charge on any atom is -0.341 e. The highest BCUT2D eigenvalue weighted by atomic mass is 35.5. The van der Waals surface area contributed by atoms with Gasteiger partial charge in [0, 0.05) is 6.42 Å². The van der Waals surface area contributed by atoms with Crippen LogP contribution in [0.1, 0.15) is 37.3 Å². The van der Waals surface area contributed by atoms with Gasteiger partial charge in [-0.05, 0) is 56.0 Å². The van der Waals surface area contributed by atoms with Crippen molar-refractivity contribution in [2.24, 2.45) is 5.92 Å². The maximum Gasteiger partial charge on any atom is 0.412 e. The molecule has 136 valence electrons. The van der Waals surface area contributed by atoms with Crippen molar-refractivity contribution < 1.29 is 22.4 Å². The van der Waals surface area contributed by atoms with Crippen molar-refractivity contribution in [1.82, 2.24) is 10.6 Å². The molecule has 0 bridgehead atoms. The van der Waals surface area contributed by atoms with E-state index in [9.17, 15) is 22.4 Å². The first-order valence-electron chi connectivity index (χ1n) is 7.68. The first-order valence-corrected chi connectivity index (χ1v) is 7.68. The second-order valence-corrected chi connectivity index (χ2v) is 5.83. The molecule has 1 unspecified atom stereocenters. The van der Waals surface area contributed by atoms with Crippen LogP contribution < -0.4 is 10.6 Å². The van der Waals surface area contributed by atoms with E-state index < -0.39 is 23.9 Å². The van der Waals surface area contributed by atoms with Crippen LogP contribution in [0, 0.1) is 11.7 Å². The highest BCUT2D eigenvalue weighted by Gasteiger charge is 2.41. The number of piperidine rings is 1. The SMILES string of the molecule is Cl.O=C(CCC1CCNCC1)NC(c1ccc(F)cc1)C(F)(F)F. The molecule has 1 fully saturated rings. The first kappa shape index (κ1) is 20.7. The van der Waals surface area contributed by atoms with Gasteiger partial charge in [-0.15, -0.1) is 12.4 Å². The second kappa shape index (κ2) is 9.22. The van der Waals surface area contributed by atoms with Crippen molar-refractivity contribution in [3.8, 4) is 0 Å². The first-order chi connectivity index (χ1) is 10.9. The minimum absolute atomic E-state index is 0. The van der Waals surface area contributed by atoms with E-state index in [-0.39, 0.29) is 24.4 Å². The maximum absolute atomic E-state index is 13.1. The predicted octanol–water partition coefficient (Wildman–Crippen LogP) is 3.75. The topological polar surface area (TPSA) is 41.1 Å². The third-order valence-electron chi connectivity index (χ3n) is 4.07. The molecule has 8 heteroatoms. The fraction of sp³-hybridized carbons (Fsp3) is 0.562. The molecular weight excluding hydrogens is 348 g/mol. The van der Waals surface area contributed by atoms with Crippen LogP contribution in [-0.4, -0.2) is 25.2 Å². The molecule has 1 atom stereocenters. The van der Waals surface area contributed by atoms with Crippen LogP contribution in [0.2, 0.25) is 0 Å². The predicted molar refractivity (Wildman–Crippen MR) is 85.4 cm³/mol. The van der Waals surface area contributed by atoms with Crippen molar-refractivity contribution in [2.75, 3.05) is 13.1 Å². The summed E-state index contributed by atoms with van der Waals surface area (Å²) in [7, 11) is 0. The smallest absolute Gasteiger partial charge is 0.341 e. The van der Waals surface area contributed by atoms with Gasteiger partial charge in [-0.25, -0.2) is 4.39 Å². The highest BCUT2D eigenvalue weighted by molar-refractivity contribution is 5.85. The molecule has 2 N–H and O–H groups in total. The quantitative estimate of drug-likeness (QED) is 0.777. The normalized spacial score (nSPS) is 17.0. The third kappa shape index (κ3) is 6.28. The molecule has 0 saturated carbocycles. The minimum atomic E-state index is -4.62. The Bertz CT molecular complexity index is 516. The summed E-state index contributed by atoms with van der Waals surface area (Å²) in [5.41, 5.74) is -0.172. The van der Waals surface area contributed by atoms with E-state index in [1.807, 2.05) is 5.32 Å². The molecule has 0 radical (unpaired) electrons. The fourth-order valence-electron chi connectivity index (χ4n) is 2.75. The molecular formula is C16H21ClF4N2O. The average Bonchev–Trinajstić information content (AvgIpc) is 2.52. The lowest BCUT2D eigenvalue weighted by molar-refractivity contribution is -0.163. The summed E-state index contributed by atoms with van der Waals surface area (Å²) in [6, 6.07) is 1.88. The molecule has 1 aromatic rings. The summed E-state index contributed by atoms with van der Waals surface area (Å²) in [5.74, 6) is -0.876. The van der Waals surface area contributed by atoms with Crippen LogP contribution in [0.15, 0.2) is 24.3 Å². The van der Waals surface area contributed by atoms with Gasteiger partial charge < -0.3 is 10.6 Å². The molecule has 1 aliphatic heterocycles. The summed E-state index contributed by atoms with van der Waals surface area (Å²) in [6.45, 7) is 1.76. The number of alkyl halides is 3. The molecule has 1 aliphatic rings. The Labute approximate surface area is 144 Å². The zero-order chi connectivity index (χ0) is 16.9. The van der Waals surface area contributed by atoms with Crippen LogP contribution in [0.25, 0.3) is 0 Å². The number of hydrogen-bond donors (Lipinski definition) is 2. The van der Waals surface area contributed by atoms with E-state index in [1.54, 1.807) is 0 Å². The van der Waals surface area contributed by atoms with Gasteiger partial charge in [-0.3, -0.25) is 4.79 Å². The van der Waals surface area contributed by atoms with Gasteiger partial charge in [0.2, 0.25) is 5.91 Å². The van der Waals surface area contributed by atoms with Gasteiger partial charge in [0.1, 0.15) is 5.82 Å². The molecule has 24 heavy (non-hydrogen) atoms. The van der Waals surface area contributed by atoms with E-state index in [2.05, 4.69) is 5.32 Å². The van der Waals surface area contributed by atoms with Gasteiger partial charge in [-0.1, -0.05) is 12.1 Å². The van der Waals surface area contributed by atoms with Crippen LogP contribution in [-0.2, 0) is 4.79 Å². The van der Waals surface area contributed by atoms with E-state index in [4.69, 9.17) is 0 Å². The fourth-order valence-corrected chi connectivity index (χ4v) is 2.75. The number of rotatable bonds is 5. The van der Waals surface area contributed by atoms with E-state index >= 15 is 0 Å². The van der Waals surface area contributed by atoms with Crippen LogP contribution >= 0.6 is 12.4 Å². The Morgan fingerprint density at radius 2 is 1.79 bits per heavy atom. The monoisotopic (exact) mass is 368 g/mol. The standard InChI is InChI=1S/C16H20F4N2O.ClH/c17-13-4-2-12(3-5-13)15(16(18,19)20)22-14(23)6-1-11-7-9-21-10-8-11;/h2-5,11,15,21H,1,6-10H2,(H,22,23);1H. The van der Waals surface area contributed by atoms with Crippen molar-refractivity contribution in [1.29, 1.82) is 0 Å². The largest absolute Gasteiger partial charge is 0.412 e. The number of halogens is 5. The molecule has 2 rings (SSSR count). The maximum atomic E-state index is 13.1. The Kier molecular flexibility index (Phi) is 7.96. The lowest BCUT2D eigenvalue weighted by Crippen LogP contribution is -2.38. The second-order valence-electron chi connectivity index (χ2n) is 5.83. The van der Waals surface area contributed by atoms with E-state index in [1.165, 1.54) is 0 Å². The average molecular weight is 369 g/mol. The number of benzene rings is 1. The van der Waals surface area contributed by atoms with Crippen molar-refractivity contribution in [3.63, 3.8) is 0 Å². The molecule has 0 aliphatic carbocycles. The summed E-state index contributed by atoms with van der Waals surface area (Å²) in [5, 5.41) is 5.23. The van der Waals surface area contributed by atoms with Gasteiger partial charge >= 0.3 is 6.18 Å². The van der Waals surface area contributed by atoms with Gasteiger partial charge in [0.25, 0.3) is 0 Å². The zero-order valence-electron chi connectivity index (χ0n) is 13.0. The van der Waals surface area contributed by atoms with Crippen molar-refractivity contribution in [2.45, 2.75) is 37.9 Å². The summed E-state index contributed by atoms with van der Waals surface area (Å²) < 4.78 is 52.3. The highest BCUT2D eigenvalue weighted by Crippen LogP contribution is 2.33. The number of hydrogen-bond acceptors (Lipinski definition) is 2. The van der Waals surface area contributed by atoms with Crippen LogP contribution in [0.3, 0.4) is 0 Å².